The number of alkyl halides is 4. The Morgan fingerprint density at radius 2 is 2.13 bits per heavy atom. The number of urea groups is 1. The molecule has 1 saturated heterocycles. The third-order valence-electron chi connectivity index (χ3n) is 6.66. The Hall–Kier alpha value is -2.41. The first kappa shape index (κ1) is 30.1. The predicted octanol–water partition coefficient (Wildman–Crippen LogP) is 1.56. The van der Waals surface area contributed by atoms with Crippen molar-refractivity contribution in [2.75, 3.05) is 26.2 Å². The maximum absolute atomic E-state index is 13.2. The fourth-order valence-electron chi connectivity index (χ4n) is 4.51. The first-order valence-electron chi connectivity index (χ1n) is 12.9. The molecule has 1 fully saturated rings. The van der Waals surface area contributed by atoms with Crippen LogP contribution in [0.2, 0.25) is 0 Å². The Morgan fingerprint density at radius 3 is 2.82 bits per heavy atom. The Labute approximate surface area is 233 Å². The molecule has 0 saturated carbocycles. The van der Waals surface area contributed by atoms with E-state index < -0.39 is 33.2 Å². The van der Waals surface area contributed by atoms with E-state index in [4.69, 9.17) is 0 Å². The van der Waals surface area contributed by atoms with Gasteiger partial charge in [0.15, 0.2) is 0 Å². The molecule has 3 N–H and O–H groups in total. The molecule has 0 spiro atoms. The Balaban J connectivity index is 1.39. The number of pyridine rings is 1. The molecule has 38 heavy (non-hydrogen) atoms. The summed E-state index contributed by atoms with van der Waals surface area (Å²) in [5, 5.41) is 7.62. The van der Waals surface area contributed by atoms with E-state index in [0.717, 1.165) is 43.0 Å². The molecule has 2 aliphatic rings. The summed E-state index contributed by atoms with van der Waals surface area (Å²) in [6.07, 6.45) is 6.61. The maximum atomic E-state index is 13.2. The first-order valence-corrected chi connectivity index (χ1v) is 15.3. The monoisotopic (exact) mass is 645 g/mol. The predicted molar refractivity (Wildman–Crippen MR) is 140 cm³/mol. The topological polar surface area (TPSA) is 81.6 Å². The Kier molecular flexibility index (Phi) is 11.6. The molecule has 1 aromatic heterocycles. The molecule has 2 amide bonds. The molecule has 3 unspecified atom stereocenters. The van der Waals surface area contributed by atoms with E-state index in [0.29, 0.717) is 23.6 Å². The average Bonchev–Trinajstić information content (AvgIpc) is 3.33. The van der Waals surface area contributed by atoms with Crippen molar-refractivity contribution in [3.63, 3.8) is 0 Å². The molecule has 3 rings (SSSR count). The van der Waals surface area contributed by atoms with Crippen molar-refractivity contribution in [2.24, 2.45) is 11.0 Å². The second-order valence-corrected chi connectivity index (χ2v) is 12.3. The van der Waals surface area contributed by atoms with E-state index in [1.807, 2.05) is 17.0 Å². The van der Waals surface area contributed by atoms with Gasteiger partial charge in [0.2, 0.25) is 0 Å². The normalized spacial score (nSPS) is 20.7. The van der Waals surface area contributed by atoms with Gasteiger partial charge in [-0.3, -0.25) is 0 Å². The molecule has 3 atom stereocenters. The van der Waals surface area contributed by atoms with Crippen molar-refractivity contribution in [3.8, 4) is 0 Å². The van der Waals surface area contributed by atoms with Crippen LogP contribution in [0.25, 0.3) is 0 Å². The average molecular weight is 646 g/mol. The van der Waals surface area contributed by atoms with E-state index in [1.54, 1.807) is 25.4 Å². The third-order valence-corrected chi connectivity index (χ3v) is 9.82. The molecule has 0 aromatic carbocycles. The number of aromatic nitrogens is 1. The van der Waals surface area contributed by atoms with E-state index in [9.17, 15) is 18.0 Å². The fourth-order valence-corrected chi connectivity index (χ4v) is 6.75. The Bertz CT molecular complexity index is 1030. The summed E-state index contributed by atoms with van der Waals surface area (Å²) in [5.41, 5.74) is 4.56. The number of hydrogen-bond acceptors (Lipinski definition) is 5. The summed E-state index contributed by atoms with van der Waals surface area (Å²) in [4.78, 5) is 18.9. The van der Waals surface area contributed by atoms with Crippen molar-refractivity contribution in [2.45, 2.75) is 55.7 Å². The summed E-state index contributed by atoms with van der Waals surface area (Å²) in [5.74, 6) is 0.156. The summed E-state index contributed by atoms with van der Waals surface area (Å²) < 4.78 is 43.3. The van der Waals surface area contributed by atoms with E-state index >= 15 is 0 Å². The minimum atomic E-state index is -4.43. The van der Waals surface area contributed by atoms with Crippen LogP contribution < -0.4 is 35.8 Å². The van der Waals surface area contributed by atoms with Gasteiger partial charge in [-0.25, -0.2) is 0 Å². The minimum absolute atomic E-state index is 0.0160. The standard InChI is InChI=1S/C27H37F3IN6O/c1-4-6-9-23(27(28,29)30)19(3)17-33-13-7-8-21(5-2)31-34-26(38)37-16-12-24-22(18-37)25(36-35-24)20-10-14-32-15-11-20/h4,6,9-11,14-15,21-22,24,33,35H,3,5,7-8,12-13,16-18H2,1-2H3,(H,34,38)/q-1/b6-4-,23-9+. The van der Waals surface area contributed by atoms with E-state index in [-0.39, 0.29) is 30.1 Å². The van der Waals surface area contributed by atoms with Crippen LogP contribution in [0.15, 0.2) is 65.6 Å². The van der Waals surface area contributed by atoms with Gasteiger partial charge >= 0.3 is 234 Å². The summed E-state index contributed by atoms with van der Waals surface area (Å²) >= 11 is -0.554. The van der Waals surface area contributed by atoms with Crippen molar-refractivity contribution < 1.29 is 39.4 Å². The first-order chi connectivity index (χ1) is 18.2. The number of allylic oxidation sites excluding steroid dienone is 3. The van der Waals surface area contributed by atoms with Crippen molar-refractivity contribution in [1.82, 2.24) is 24.2 Å². The van der Waals surface area contributed by atoms with Crippen LogP contribution in [-0.2, 0) is 0 Å². The number of nitrogens with one attached hydrogen (secondary N) is 3. The molecule has 3 heterocycles. The van der Waals surface area contributed by atoms with Gasteiger partial charge in [-0.2, -0.15) is 0 Å². The van der Waals surface area contributed by atoms with Crippen molar-refractivity contribution in [1.29, 1.82) is 0 Å². The SMILES string of the molecule is C=C(CNCCCC(CC)[I-]NC(=O)N1CCC2NN=C(c3ccncc3)C2C1)/C(=C\C=C/C)C(F)(F)F. The van der Waals surface area contributed by atoms with Crippen molar-refractivity contribution in [3.05, 3.63) is 66.0 Å². The number of halogens is 4. The van der Waals surface area contributed by atoms with Crippen LogP contribution in [0, 0.1) is 5.92 Å². The molecular weight excluding hydrogens is 608 g/mol. The van der Waals surface area contributed by atoms with Gasteiger partial charge in [0.05, 0.1) is 0 Å². The van der Waals surface area contributed by atoms with E-state index in [2.05, 4.69) is 37.9 Å². The van der Waals surface area contributed by atoms with Crippen LogP contribution in [0.4, 0.5) is 18.0 Å². The van der Waals surface area contributed by atoms with Crippen molar-refractivity contribution >= 4 is 11.7 Å². The van der Waals surface area contributed by atoms with Gasteiger partial charge in [-0.15, -0.1) is 0 Å². The summed E-state index contributed by atoms with van der Waals surface area (Å²) in [6, 6.07) is 4.12. The zero-order valence-corrected chi connectivity index (χ0v) is 24.1. The van der Waals surface area contributed by atoms with Crippen LogP contribution in [0.1, 0.15) is 45.1 Å². The molecule has 210 valence electrons. The molecule has 0 radical (unpaired) electrons. The third kappa shape index (κ3) is 8.55. The number of piperidine rings is 1. The number of carbonyl (C=O) groups is 1. The number of rotatable bonds is 12. The van der Waals surface area contributed by atoms with Gasteiger partial charge in [-0.05, 0) is 0 Å². The molecular formula is C27H37F3IN6O-. The summed E-state index contributed by atoms with van der Waals surface area (Å²) in [7, 11) is 0. The number of amides is 2. The summed E-state index contributed by atoms with van der Waals surface area (Å²) in [6.45, 7) is 9.40. The number of nitrogens with zero attached hydrogens (tertiary/aromatic N) is 3. The zero-order valence-electron chi connectivity index (χ0n) is 21.9. The molecule has 0 aliphatic carbocycles. The van der Waals surface area contributed by atoms with Crippen LogP contribution in [0.3, 0.4) is 0 Å². The van der Waals surface area contributed by atoms with Gasteiger partial charge in [0.1, 0.15) is 0 Å². The number of likely N-dealkylation sites (tertiary alicyclic amines) is 1. The number of carbonyl (C=O) groups excluding carboxylic acids is 1. The van der Waals surface area contributed by atoms with Gasteiger partial charge in [0, 0.05) is 0 Å². The molecule has 2 aliphatic heterocycles. The quantitative estimate of drug-likeness (QED) is 0.106. The van der Waals surface area contributed by atoms with Crippen LogP contribution in [-0.4, -0.2) is 63.9 Å². The second-order valence-electron chi connectivity index (χ2n) is 9.35. The van der Waals surface area contributed by atoms with Gasteiger partial charge in [-0.1, -0.05) is 0 Å². The molecule has 11 heteroatoms. The van der Waals surface area contributed by atoms with Crippen LogP contribution >= 0.6 is 0 Å². The number of hydrazone groups is 1. The molecule has 7 nitrogen and oxygen atoms in total. The van der Waals surface area contributed by atoms with Gasteiger partial charge in [0.25, 0.3) is 0 Å². The molecule has 0 bridgehead atoms. The fraction of sp³-hybridized carbons (Fsp3) is 0.519. The zero-order chi connectivity index (χ0) is 27.5. The number of hydrogen-bond donors (Lipinski definition) is 3. The molecule has 1 aromatic rings. The van der Waals surface area contributed by atoms with Crippen LogP contribution in [0.5, 0.6) is 0 Å². The van der Waals surface area contributed by atoms with Gasteiger partial charge < -0.3 is 0 Å². The van der Waals surface area contributed by atoms with E-state index in [1.165, 1.54) is 6.08 Å². The Morgan fingerprint density at radius 1 is 1.37 bits per heavy atom. The number of fused-ring (bicyclic) bond motifs is 1. The second kappa shape index (κ2) is 14.7.